The Kier molecular flexibility index (Phi) is 5.44. The molecule has 0 saturated heterocycles. The lowest BCUT2D eigenvalue weighted by Gasteiger charge is -2.11. The summed E-state index contributed by atoms with van der Waals surface area (Å²) in [6, 6.07) is 22.7. The molecule has 0 bridgehead atoms. The van der Waals surface area contributed by atoms with Gasteiger partial charge in [0.1, 0.15) is 5.75 Å². The van der Waals surface area contributed by atoms with E-state index in [0.717, 1.165) is 21.1 Å². The van der Waals surface area contributed by atoms with E-state index in [2.05, 4.69) is 31.2 Å². The zero-order chi connectivity index (χ0) is 20.2. The third-order valence-electron chi connectivity index (χ3n) is 4.43. The molecule has 29 heavy (non-hydrogen) atoms. The van der Waals surface area contributed by atoms with Gasteiger partial charge in [0.05, 0.1) is 29.4 Å². The van der Waals surface area contributed by atoms with Crippen molar-refractivity contribution in [2.45, 2.75) is 0 Å². The van der Waals surface area contributed by atoms with Crippen LogP contribution in [0.5, 0.6) is 5.75 Å². The predicted molar refractivity (Wildman–Crippen MR) is 119 cm³/mol. The van der Waals surface area contributed by atoms with Crippen LogP contribution in [0, 0.1) is 0 Å². The first-order valence-electron chi connectivity index (χ1n) is 9.01. The second kappa shape index (κ2) is 8.32. The number of hydrogen-bond donors (Lipinski definition) is 2. The van der Waals surface area contributed by atoms with E-state index in [-0.39, 0.29) is 5.91 Å². The van der Waals surface area contributed by atoms with Crippen molar-refractivity contribution < 1.29 is 9.53 Å². The number of carbonyl (C=O) groups is 1. The number of para-hydroxylation sites is 3. The summed E-state index contributed by atoms with van der Waals surface area (Å²) in [4.78, 5) is 20.9. The minimum atomic E-state index is -0.272. The van der Waals surface area contributed by atoms with Crippen LogP contribution in [0.4, 0.5) is 0 Å². The molecule has 144 valence electrons. The molecule has 1 heterocycles. The maximum atomic E-state index is 13.0. The highest BCUT2D eigenvalue weighted by Gasteiger charge is 2.16. The number of hydrogen-bond acceptors (Lipinski definition) is 3. The number of imidazole rings is 1. The summed E-state index contributed by atoms with van der Waals surface area (Å²) < 4.78 is 6.31. The number of ether oxygens (including phenoxy) is 1. The van der Waals surface area contributed by atoms with Crippen LogP contribution in [-0.4, -0.2) is 23.0 Å². The minimum Gasteiger partial charge on any atom is -0.496 e. The summed E-state index contributed by atoms with van der Waals surface area (Å²) in [6.07, 6.45) is 1.89. The van der Waals surface area contributed by atoms with Crippen LogP contribution in [0.1, 0.15) is 21.7 Å². The van der Waals surface area contributed by atoms with Gasteiger partial charge in [0.25, 0.3) is 5.91 Å². The fourth-order valence-corrected chi connectivity index (χ4v) is 3.26. The fourth-order valence-electron chi connectivity index (χ4n) is 2.99. The lowest BCUT2D eigenvalue weighted by atomic mass is 10.1. The lowest BCUT2D eigenvalue weighted by Crippen LogP contribution is -2.23. The van der Waals surface area contributed by atoms with E-state index < -0.39 is 0 Å². The maximum Gasteiger partial charge on any atom is 0.259 e. The maximum absolute atomic E-state index is 13.0. The van der Waals surface area contributed by atoms with E-state index in [1.54, 1.807) is 25.3 Å². The van der Waals surface area contributed by atoms with E-state index >= 15 is 0 Å². The van der Waals surface area contributed by atoms with Crippen LogP contribution in [0.15, 0.2) is 77.3 Å². The summed E-state index contributed by atoms with van der Waals surface area (Å²) in [5.74, 6) is 0.821. The van der Waals surface area contributed by atoms with Crippen molar-refractivity contribution in [1.29, 1.82) is 0 Å². The van der Waals surface area contributed by atoms with Gasteiger partial charge in [0.2, 0.25) is 0 Å². The van der Waals surface area contributed by atoms with Gasteiger partial charge >= 0.3 is 0 Å². The van der Waals surface area contributed by atoms with E-state index in [9.17, 15) is 4.79 Å². The van der Waals surface area contributed by atoms with E-state index in [1.165, 1.54) is 0 Å². The number of aromatic amines is 1. The van der Waals surface area contributed by atoms with E-state index in [1.807, 2.05) is 60.7 Å². The van der Waals surface area contributed by atoms with Crippen LogP contribution >= 0.6 is 15.9 Å². The molecule has 2 N–H and O–H groups in total. The standard InChI is InChI=1S/C23H18BrN3O2/c1-29-21-9-5-2-6-17(21)23(28)27-20(14-15-10-12-16(24)13-11-15)22-25-18-7-3-4-8-19(18)26-22/h2-14H,1H3,(H,25,26)(H,27,28). The molecule has 0 unspecified atom stereocenters. The van der Waals surface area contributed by atoms with Crippen LogP contribution in [-0.2, 0) is 0 Å². The van der Waals surface area contributed by atoms with Gasteiger partial charge in [0.15, 0.2) is 5.82 Å². The van der Waals surface area contributed by atoms with Crippen molar-refractivity contribution >= 4 is 44.6 Å². The predicted octanol–water partition coefficient (Wildman–Crippen LogP) is 5.26. The Balaban J connectivity index is 1.75. The number of benzene rings is 3. The SMILES string of the molecule is COc1ccccc1C(=O)NC(=Cc1ccc(Br)cc1)c1nc2ccccc2[nH]1. The number of aromatic nitrogens is 2. The number of nitrogens with one attached hydrogen (secondary N) is 2. The molecule has 0 spiro atoms. The van der Waals surface area contributed by atoms with Crippen molar-refractivity contribution in [3.63, 3.8) is 0 Å². The van der Waals surface area contributed by atoms with Crippen LogP contribution in [0.2, 0.25) is 0 Å². The second-order valence-corrected chi connectivity index (χ2v) is 7.28. The number of methoxy groups -OCH3 is 1. The highest BCUT2D eigenvalue weighted by Crippen LogP contribution is 2.22. The summed E-state index contributed by atoms with van der Waals surface area (Å²) in [5.41, 5.74) is 3.68. The fraction of sp³-hybridized carbons (Fsp3) is 0.0435. The Morgan fingerprint density at radius 2 is 1.76 bits per heavy atom. The molecule has 4 rings (SSSR count). The van der Waals surface area contributed by atoms with Crippen molar-refractivity contribution in [3.05, 3.63) is 94.2 Å². The molecule has 6 heteroatoms. The van der Waals surface area contributed by atoms with Crippen molar-refractivity contribution in [2.24, 2.45) is 0 Å². The summed E-state index contributed by atoms with van der Waals surface area (Å²) in [6.45, 7) is 0. The summed E-state index contributed by atoms with van der Waals surface area (Å²) in [7, 11) is 1.55. The quantitative estimate of drug-likeness (QED) is 0.438. The first-order chi connectivity index (χ1) is 14.1. The average molecular weight is 448 g/mol. The normalized spacial score (nSPS) is 11.4. The molecule has 0 fully saturated rings. The average Bonchev–Trinajstić information content (AvgIpc) is 3.19. The number of rotatable bonds is 5. The van der Waals surface area contributed by atoms with Gasteiger partial charge in [-0.25, -0.2) is 4.98 Å². The number of H-pyrrole nitrogens is 1. The Hall–Kier alpha value is -3.38. The van der Waals surface area contributed by atoms with Crippen LogP contribution < -0.4 is 10.1 Å². The number of halogens is 1. The largest absolute Gasteiger partial charge is 0.496 e. The Labute approximate surface area is 176 Å². The van der Waals surface area contributed by atoms with Gasteiger partial charge in [-0.2, -0.15) is 0 Å². The Morgan fingerprint density at radius 1 is 1.03 bits per heavy atom. The molecule has 0 aliphatic heterocycles. The van der Waals surface area contributed by atoms with Gasteiger partial charge in [-0.1, -0.05) is 52.3 Å². The van der Waals surface area contributed by atoms with Crippen molar-refractivity contribution in [3.8, 4) is 5.75 Å². The number of fused-ring (bicyclic) bond motifs is 1. The molecular formula is C23H18BrN3O2. The van der Waals surface area contributed by atoms with Gasteiger partial charge in [-0.15, -0.1) is 0 Å². The van der Waals surface area contributed by atoms with Gasteiger partial charge in [-0.3, -0.25) is 4.79 Å². The van der Waals surface area contributed by atoms with E-state index in [4.69, 9.17) is 4.74 Å². The monoisotopic (exact) mass is 447 g/mol. The number of amides is 1. The molecule has 0 radical (unpaired) electrons. The molecule has 4 aromatic rings. The van der Waals surface area contributed by atoms with Gasteiger partial charge < -0.3 is 15.0 Å². The zero-order valence-corrected chi connectivity index (χ0v) is 17.2. The molecule has 0 aliphatic carbocycles. The zero-order valence-electron chi connectivity index (χ0n) is 15.6. The molecular weight excluding hydrogens is 430 g/mol. The van der Waals surface area contributed by atoms with Gasteiger partial charge in [-0.05, 0) is 48.0 Å². The number of nitrogens with zero attached hydrogens (tertiary/aromatic N) is 1. The highest BCUT2D eigenvalue weighted by molar-refractivity contribution is 9.10. The second-order valence-electron chi connectivity index (χ2n) is 6.37. The summed E-state index contributed by atoms with van der Waals surface area (Å²) >= 11 is 3.44. The molecule has 1 aromatic heterocycles. The Bertz CT molecular complexity index is 1160. The molecule has 0 atom stereocenters. The van der Waals surface area contributed by atoms with Crippen molar-refractivity contribution in [2.75, 3.05) is 7.11 Å². The highest BCUT2D eigenvalue weighted by atomic mass is 79.9. The summed E-state index contributed by atoms with van der Waals surface area (Å²) in [5, 5.41) is 2.99. The molecule has 5 nitrogen and oxygen atoms in total. The number of carbonyl (C=O) groups excluding carboxylic acids is 1. The van der Waals surface area contributed by atoms with Crippen LogP contribution in [0.25, 0.3) is 22.8 Å². The third kappa shape index (κ3) is 4.22. The molecule has 1 amide bonds. The van der Waals surface area contributed by atoms with Gasteiger partial charge in [0, 0.05) is 4.47 Å². The van der Waals surface area contributed by atoms with Crippen LogP contribution in [0.3, 0.4) is 0 Å². The minimum absolute atomic E-state index is 0.272. The molecule has 0 aliphatic rings. The topological polar surface area (TPSA) is 67.0 Å². The first kappa shape index (κ1) is 19.0. The Morgan fingerprint density at radius 3 is 2.52 bits per heavy atom. The third-order valence-corrected chi connectivity index (χ3v) is 4.95. The molecule has 3 aromatic carbocycles. The first-order valence-corrected chi connectivity index (χ1v) is 9.80. The lowest BCUT2D eigenvalue weighted by molar-refractivity contribution is 0.0970. The van der Waals surface area contributed by atoms with Crippen molar-refractivity contribution in [1.82, 2.24) is 15.3 Å². The molecule has 0 saturated carbocycles. The smallest absolute Gasteiger partial charge is 0.259 e. The van der Waals surface area contributed by atoms with E-state index in [0.29, 0.717) is 22.8 Å².